The molecule has 1 aromatic rings. The smallest absolute Gasteiger partial charge is 0.355 e. The molecule has 0 radical (unpaired) electrons. The highest BCUT2D eigenvalue weighted by atomic mass is 79.9. The molecule has 0 saturated carbocycles. The van der Waals surface area contributed by atoms with Gasteiger partial charge in [-0.05, 0) is 15.9 Å². The minimum absolute atomic E-state index is 0.0506. The molecular formula is C7H3BrClF2NO2. The fourth-order valence-corrected chi connectivity index (χ4v) is 1.46. The van der Waals surface area contributed by atoms with Gasteiger partial charge in [0.05, 0.1) is 10.6 Å². The van der Waals surface area contributed by atoms with Gasteiger partial charge in [0.1, 0.15) is 0 Å². The van der Waals surface area contributed by atoms with Crippen LogP contribution in [0.5, 0.6) is 0 Å². The van der Waals surface area contributed by atoms with Crippen molar-refractivity contribution in [1.82, 2.24) is 4.98 Å². The molecule has 1 aromatic heterocycles. The summed E-state index contributed by atoms with van der Waals surface area (Å²) in [5.41, 5.74) is -1.40. The summed E-state index contributed by atoms with van der Waals surface area (Å²) in [6.45, 7) is 0. The van der Waals surface area contributed by atoms with Crippen LogP contribution in [-0.4, -0.2) is 16.1 Å². The van der Waals surface area contributed by atoms with Crippen molar-refractivity contribution in [2.75, 3.05) is 0 Å². The molecule has 1 rings (SSSR count). The predicted molar refractivity (Wildman–Crippen MR) is 48.9 cm³/mol. The van der Waals surface area contributed by atoms with Crippen molar-refractivity contribution in [1.29, 1.82) is 0 Å². The highest BCUT2D eigenvalue weighted by Crippen LogP contribution is 2.34. The van der Waals surface area contributed by atoms with Crippen LogP contribution in [0, 0.1) is 0 Å². The molecule has 0 saturated heterocycles. The normalized spacial score (nSPS) is 10.6. The monoisotopic (exact) mass is 285 g/mol. The summed E-state index contributed by atoms with van der Waals surface area (Å²) < 4.78 is 24.7. The average Bonchev–Trinajstić information content (AvgIpc) is 2.08. The molecular weight excluding hydrogens is 283 g/mol. The summed E-state index contributed by atoms with van der Waals surface area (Å²) in [5, 5.41) is 8.52. The fraction of sp³-hybridized carbons (Fsp3) is 0.143. The zero-order valence-electron chi connectivity index (χ0n) is 6.47. The number of halogens is 4. The van der Waals surface area contributed by atoms with E-state index in [0.29, 0.717) is 0 Å². The molecule has 3 nitrogen and oxygen atoms in total. The van der Waals surface area contributed by atoms with Crippen molar-refractivity contribution in [2.24, 2.45) is 0 Å². The molecule has 0 atom stereocenters. The van der Waals surface area contributed by atoms with Crippen molar-refractivity contribution < 1.29 is 18.7 Å². The standard InChI is InChI=1S/C7H3BrClF2NO2/c8-4-2(9)1-12-5(7(13)14)3(4)6(10)11/h1,6H,(H,13,14). The second-order valence-electron chi connectivity index (χ2n) is 2.29. The van der Waals surface area contributed by atoms with E-state index in [4.69, 9.17) is 16.7 Å². The molecule has 1 heterocycles. The first-order valence-electron chi connectivity index (χ1n) is 3.30. The summed E-state index contributed by atoms with van der Waals surface area (Å²) in [5.74, 6) is -1.52. The molecule has 7 heteroatoms. The average molecular weight is 286 g/mol. The lowest BCUT2D eigenvalue weighted by atomic mass is 10.2. The number of nitrogens with zero attached hydrogens (tertiary/aromatic N) is 1. The van der Waals surface area contributed by atoms with Crippen LogP contribution in [0.15, 0.2) is 10.7 Å². The molecule has 0 aliphatic rings. The highest BCUT2D eigenvalue weighted by molar-refractivity contribution is 9.10. The van der Waals surface area contributed by atoms with Crippen LogP contribution >= 0.6 is 27.5 Å². The molecule has 0 spiro atoms. The number of hydrogen-bond donors (Lipinski definition) is 1. The third-order valence-electron chi connectivity index (χ3n) is 1.43. The number of aromatic carboxylic acids is 1. The largest absolute Gasteiger partial charge is 0.476 e. The van der Waals surface area contributed by atoms with Crippen LogP contribution in [0.2, 0.25) is 5.02 Å². The Hall–Kier alpha value is -0.750. The first-order valence-corrected chi connectivity index (χ1v) is 4.47. The summed E-state index contributed by atoms with van der Waals surface area (Å²) in [6, 6.07) is 0. The van der Waals surface area contributed by atoms with Crippen LogP contribution in [0.3, 0.4) is 0 Å². The van der Waals surface area contributed by atoms with Gasteiger partial charge < -0.3 is 5.11 Å². The zero-order valence-corrected chi connectivity index (χ0v) is 8.81. The van der Waals surface area contributed by atoms with Crippen molar-refractivity contribution >= 4 is 33.5 Å². The lowest BCUT2D eigenvalue weighted by molar-refractivity contribution is 0.0676. The minimum atomic E-state index is -2.94. The van der Waals surface area contributed by atoms with Crippen LogP contribution in [0.1, 0.15) is 22.5 Å². The van der Waals surface area contributed by atoms with Gasteiger partial charge in [-0.3, -0.25) is 0 Å². The summed E-state index contributed by atoms with van der Waals surface area (Å²) in [6.07, 6.45) is -1.94. The Morgan fingerprint density at radius 3 is 2.64 bits per heavy atom. The van der Waals surface area contributed by atoms with E-state index >= 15 is 0 Å². The first kappa shape index (κ1) is 11.3. The molecule has 0 unspecified atom stereocenters. The van der Waals surface area contributed by atoms with Crippen molar-refractivity contribution in [3.63, 3.8) is 0 Å². The summed E-state index contributed by atoms with van der Waals surface area (Å²) in [7, 11) is 0. The van der Waals surface area contributed by atoms with Gasteiger partial charge in [0.15, 0.2) is 5.69 Å². The van der Waals surface area contributed by atoms with Gasteiger partial charge in [-0.15, -0.1) is 0 Å². The molecule has 0 aliphatic carbocycles. The quantitative estimate of drug-likeness (QED) is 0.908. The third-order valence-corrected chi connectivity index (χ3v) is 2.80. The number of pyridine rings is 1. The lowest BCUT2D eigenvalue weighted by Crippen LogP contribution is -2.07. The van der Waals surface area contributed by atoms with E-state index < -0.39 is 23.7 Å². The van der Waals surface area contributed by atoms with Gasteiger partial charge in [0.2, 0.25) is 0 Å². The Morgan fingerprint density at radius 2 is 2.21 bits per heavy atom. The van der Waals surface area contributed by atoms with E-state index in [1.54, 1.807) is 0 Å². The zero-order chi connectivity index (χ0) is 10.9. The minimum Gasteiger partial charge on any atom is -0.476 e. The summed E-state index contributed by atoms with van der Waals surface area (Å²) in [4.78, 5) is 13.8. The van der Waals surface area contributed by atoms with E-state index in [2.05, 4.69) is 20.9 Å². The molecule has 1 N–H and O–H groups in total. The number of alkyl halides is 2. The van der Waals surface area contributed by atoms with Gasteiger partial charge >= 0.3 is 5.97 Å². The van der Waals surface area contributed by atoms with Gasteiger partial charge in [-0.2, -0.15) is 0 Å². The third kappa shape index (κ3) is 2.01. The van der Waals surface area contributed by atoms with E-state index in [0.717, 1.165) is 6.20 Å². The van der Waals surface area contributed by atoms with Crippen LogP contribution in [0.4, 0.5) is 8.78 Å². The van der Waals surface area contributed by atoms with Crippen LogP contribution < -0.4 is 0 Å². The van der Waals surface area contributed by atoms with Gasteiger partial charge in [-0.25, -0.2) is 18.6 Å². The Labute approximate surface area is 90.8 Å². The van der Waals surface area contributed by atoms with Gasteiger partial charge in [-0.1, -0.05) is 11.6 Å². The predicted octanol–water partition coefficient (Wildman–Crippen LogP) is 3.13. The van der Waals surface area contributed by atoms with E-state index in [1.165, 1.54) is 0 Å². The van der Waals surface area contributed by atoms with Crippen LogP contribution in [0.25, 0.3) is 0 Å². The molecule has 0 aromatic carbocycles. The Morgan fingerprint density at radius 1 is 1.64 bits per heavy atom. The molecule has 76 valence electrons. The van der Waals surface area contributed by atoms with Crippen molar-refractivity contribution in [2.45, 2.75) is 6.43 Å². The van der Waals surface area contributed by atoms with Gasteiger partial charge in [0, 0.05) is 10.7 Å². The maximum absolute atomic E-state index is 12.4. The number of carbonyl (C=O) groups is 1. The lowest BCUT2D eigenvalue weighted by Gasteiger charge is -2.07. The second kappa shape index (κ2) is 4.18. The van der Waals surface area contributed by atoms with Gasteiger partial charge in [0.25, 0.3) is 6.43 Å². The van der Waals surface area contributed by atoms with Crippen molar-refractivity contribution in [3.05, 3.63) is 26.9 Å². The molecule has 0 amide bonds. The maximum Gasteiger partial charge on any atom is 0.355 e. The van der Waals surface area contributed by atoms with E-state index in [1.807, 2.05) is 0 Å². The second-order valence-corrected chi connectivity index (χ2v) is 3.49. The Bertz CT molecular complexity index is 386. The number of aromatic nitrogens is 1. The number of hydrogen-bond acceptors (Lipinski definition) is 2. The van der Waals surface area contributed by atoms with E-state index in [9.17, 15) is 13.6 Å². The molecule has 0 bridgehead atoms. The molecule has 0 fully saturated rings. The number of carboxylic acid groups (broad SMARTS) is 1. The number of carboxylic acids is 1. The molecule has 14 heavy (non-hydrogen) atoms. The molecule has 0 aliphatic heterocycles. The number of rotatable bonds is 2. The van der Waals surface area contributed by atoms with Crippen LogP contribution in [-0.2, 0) is 0 Å². The SMILES string of the molecule is O=C(O)c1ncc(Cl)c(Br)c1C(F)F. The summed E-state index contributed by atoms with van der Waals surface area (Å²) >= 11 is 8.28. The maximum atomic E-state index is 12.4. The van der Waals surface area contributed by atoms with E-state index in [-0.39, 0.29) is 9.50 Å². The topological polar surface area (TPSA) is 50.2 Å². The highest BCUT2D eigenvalue weighted by Gasteiger charge is 2.24. The fourth-order valence-electron chi connectivity index (χ4n) is 0.850. The Kier molecular flexibility index (Phi) is 3.38. The first-order chi connectivity index (χ1) is 6.45. The Balaban J connectivity index is 3.45. The van der Waals surface area contributed by atoms with Crippen molar-refractivity contribution in [3.8, 4) is 0 Å².